The van der Waals surface area contributed by atoms with E-state index in [0.717, 1.165) is 6.07 Å². The molecule has 0 heterocycles. The van der Waals surface area contributed by atoms with Crippen LogP contribution in [0.3, 0.4) is 0 Å². The number of carboxylic acid groups (broad SMARTS) is 1. The Morgan fingerprint density at radius 2 is 2.00 bits per heavy atom. The number of hydrogen-bond donors (Lipinski definition) is 2. The van der Waals surface area contributed by atoms with Crippen molar-refractivity contribution in [1.82, 2.24) is 0 Å². The zero-order valence-corrected chi connectivity index (χ0v) is 9.19. The Hall–Kier alpha value is -0.620. The molecule has 0 amide bonds. The average molecular weight is 314 g/mol. The molecule has 70 valence electrons. The topological polar surface area (TPSA) is 57.5 Å². The van der Waals surface area contributed by atoms with E-state index in [2.05, 4.69) is 31.9 Å². The highest BCUT2D eigenvalue weighted by Gasteiger charge is 2.19. The summed E-state index contributed by atoms with van der Waals surface area (Å²) in [6.07, 6.45) is 0. The Kier molecular flexibility index (Phi) is 2.92. The lowest BCUT2D eigenvalue weighted by Gasteiger charge is -2.04. The van der Waals surface area contributed by atoms with Crippen molar-refractivity contribution in [3.8, 4) is 5.75 Å². The minimum absolute atomic E-state index is 0.0990. The molecule has 0 saturated carbocycles. The van der Waals surface area contributed by atoms with Gasteiger partial charge >= 0.3 is 5.97 Å². The van der Waals surface area contributed by atoms with Gasteiger partial charge in [-0.2, -0.15) is 0 Å². The molecule has 0 atom stereocenters. The molecule has 0 unspecified atom stereocenters. The molecular formula is C7H3Br2FO3. The van der Waals surface area contributed by atoms with Crippen molar-refractivity contribution in [2.24, 2.45) is 0 Å². The molecule has 6 heteroatoms. The predicted octanol–water partition coefficient (Wildman–Crippen LogP) is 2.75. The van der Waals surface area contributed by atoms with Gasteiger partial charge in [-0.1, -0.05) is 0 Å². The lowest BCUT2D eigenvalue weighted by Crippen LogP contribution is -2.02. The zero-order valence-electron chi connectivity index (χ0n) is 6.01. The fourth-order valence-electron chi connectivity index (χ4n) is 0.776. The smallest absolute Gasteiger partial charge is 0.339 e. The van der Waals surface area contributed by atoms with E-state index in [1.54, 1.807) is 0 Å². The van der Waals surface area contributed by atoms with Gasteiger partial charge in [-0.3, -0.25) is 0 Å². The number of phenols is 1. The SMILES string of the molecule is O=C(O)c1c(F)cc(Br)c(O)c1Br. The monoisotopic (exact) mass is 312 g/mol. The number of aromatic carboxylic acids is 1. The molecule has 0 fully saturated rings. The number of rotatable bonds is 1. The first-order valence-corrected chi connectivity index (χ1v) is 4.63. The Bertz CT molecular complexity index is 378. The number of carbonyl (C=O) groups is 1. The van der Waals surface area contributed by atoms with Crippen LogP contribution < -0.4 is 0 Å². The maximum Gasteiger partial charge on any atom is 0.339 e. The van der Waals surface area contributed by atoms with Crippen LogP contribution in [0.5, 0.6) is 5.75 Å². The highest BCUT2D eigenvalue weighted by Crippen LogP contribution is 2.36. The summed E-state index contributed by atoms with van der Waals surface area (Å²) in [6.45, 7) is 0. The Balaban J connectivity index is 3.53. The van der Waals surface area contributed by atoms with Gasteiger partial charge in [-0.05, 0) is 37.9 Å². The quantitative estimate of drug-likeness (QED) is 0.838. The number of benzene rings is 1. The van der Waals surface area contributed by atoms with Gasteiger partial charge in [-0.15, -0.1) is 0 Å². The van der Waals surface area contributed by atoms with Crippen LogP contribution in [0.25, 0.3) is 0 Å². The molecule has 2 N–H and O–H groups in total. The van der Waals surface area contributed by atoms with E-state index < -0.39 is 17.3 Å². The van der Waals surface area contributed by atoms with Gasteiger partial charge in [-0.25, -0.2) is 9.18 Å². The molecule has 0 spiro atoms. The second-order valence-electron chi connectivity index (χ2n) is 2.18. The second kappa shape index (κ2) is 3.63. The summed E-state index contributed by atoms with van der Waals surface area (Å²) in [7, 11) is 0. The largest absolute Gasteiger partial charge is 0.506 e. The number of phenolic OH excluding ortho intramolecular Hbond substituents is 1. The minimum Gasteiger partial charge on any atom is -0.506 e. The van der Waals surface area contributed by atoms with Crippen LogP contribution in [0, 0.1) is 5.82 Å². The van der Waals surface area contributed by atoms with Crippen LogP contribution in [-0.4, -0.2) is 16.2 Å². The molecule has 0 bridgehead atoms. The molecule has 0 aliphatic rings. The zero-order chi connectivity index (χ0) is 10.2. The molecule has 1 rings (SSSR count). The summed E-state index contributed by atoms with van der Waals surface area (Å²) in [5, 5.41) is 17.8. The lowest BCUT2D eigenvalue weighted by molar-refractivity contribution is 0.0690. The van der Waals surface area contributed by atoms with Gasteiger partial charge in [0.15, 0.2) is 0 Å². The van der Waals surface area contributed by atoms with Crippen LogP contribution in [-0.2, 0) is 0 Å². The fourth-order valence-corrected chi connectivity index (χ4v) is 2.01. The highest BCUT2D eigenvalue weighted by atomic mass is 79.9. The van der Waals surface area contributed by atoms with Crippen molar-refractivity contribution in [2.75, 3.05) is 0 Å². The van der Waals surface area contributed by atoms with Crippen LogP contribution in [0.4, 0.5) is 4.39 Å². The summed E-state index contributed by atoms with van der Waals surface area (Å²) < 4.78 is 12.9. The first-order chi connectivity index (χ1) is 5.95. The molecule has 0 aliphatic carbocycles. The van der Waals surface area contributed by atoms with E-state index in [1.807, 2.05) is 0 Å². The third-order valence-electron chi connectivity index (χ3n) is 1.36. The third-order valence-corrected chi connectivity index (χ3v) is 2.74. The summed E-state index contributed by atoms with van der Waals surface area (Å²) in [5.74, 6) is -2.69. The van der Waals surface area contributed by atoms with Gasteiger partial charge in [0.2, 0.25) is 0 Å². The van der Waals surface area contributed by atoms with Crippen molar-refractivity contribution in [1.29, 1.82) is 0 Å². The number of hydrogen-bond acceptors (Lipinski definition) is 2. The normalized spacial score (nSPS) is 10.1. The van der Waals surface area contributed by atoms with Crippen LogP contribution in [0.15, 0.2) is 15.0 Å². The van der Waals surface area contributed by atoms with Gasteiger partial charge < -0.3 is 10.2 Å². The maximum atomic E-state index is 13.0. The van der Waals surface area contributed by atoms with E-state index in [9.17, 15) is 14.3 Å². The van der Waals surface area contributed by atoms with E-state index in [0.29, 0.717) is 0 Å². The molecule has 0 saturated heterocycles. The molecule has 13 heavy (non-hydrogen) atoms. The number of aromatic hydroxyl groups is 1. The Morgan fingerprint density at radius 3 is 2.46 bits per heavy atom. The van der Waals surface area contributed by atoms with Crippen molar-refractivity contribution in [3.05, 3.63) is 26.4 Å². The summed E-state index contributed by atoms with van der Waals surface area (Å²) in [4.78, 5) is 10.5. The van der Waals surface area contributed by atoms with Crippen LogP contribution in [0.2, 0.25) is 0 Å². The number of carboxylic acids is 1. The lowest BCUT2D eigenvalue weighted by atomic mass is 10.2. The maximum absolute atomic E-state index is 13.0. The molecule has 3 nitrogen and oxygen atoms in total. The third kappa shape index (κ3) is 1.83. The van der Waals surface area contributed by atoms with E-state index in [1.165, 1.54) is 0 Å². The van der Waals surface area contributed by atoms with Gasteiger partial charge in [0.25, 0.3) is 0 Å². The standard InChI is InChI=1S/C7H3Br2FO3/c8-2-1-3(10)4(7(12)13)5(9)6(2)11/h1,11H,(H,12,13). The van der Waals surface area contributed by atoms with E-state index in [-0.39, 0.29) is 14.7 Å². The minimum atomic E-state index is -1.44. The molecule has 0 radical (unpaired) electrons. The van der Waals surface area contributed by atoms with Gasteiger partial charge in [0.1, 0.15) is 17.1 Å². The van der Waals surface area contributed by atoms with Crippen molar-refractivity contribution >= 4 is 37.8 Å². The van der Waals surface area contributed by atoms with Crippen LogP contribution in [0.1, 0.15) is 10.4 Å². The van der Waals surface area contributed by atoms with E-state index >= 15 is 0 Å². The van der Waals surface area contributed by atoms with Gasteiger partial charge in [0, 0.05) is 0 Å². The fraction of sp³-hybridized carbons (Fsp3) is 0. The predicted molar refractivity (Wildman–Crippen MR) is 50.4 cm³/mol. The molecular weight excluding hydrogens is 311 g/mol. The second-order valence-corrected chi connectivity index (χ2v) is 3.83. The first-order valence-electron chi connectivity index (χ1n) is 3.05. The van der Waals surface area contributed by atoms with E-state index in [4.69, 9.17) is 5.11 Å². The first kappa shape index (κ1) is 10.5. The molecule has 0 aliphatic heterocycles. The summed E-state index contributed by atoms with van der Waals surface area (Å²) in [5.41, 5.74) is -0.583. The Morgan fingerprint density at radius 1 is 1.46 bits per heavy atom. The average Bonchev–Trinajstić information content (AvgIpc) is 1.99. The van der Waals surface area contributed by atoms with Gasteiger partial charge in [0.05, 0.1) is 8.95 Å². The molecule has 0 aromatic heterocycles. The molecule has 1 aromatic carbocycles. The van der Waals surface area contributed by atoms with Crippen molar-refractivity contribution < 1.29 is 19.4 Å². The Labute approximate surface area is 89.4 Å². The summed E-state index contributed by atoms with van der Waals surface area (Å²) >= 11 is 5.65. The van der Waals surface area contributed by atoms with Crippen LogP contribution >= 0.6 is 31.9 Å². The number of halogens is 3. The highest BCUT2D eigenvalue weighted by molar-refractivity contribution is 9.11. The van der Waals surface area contributed by atoms with Crippen molar-refractivity contribution in [3.63, 3.8) is 0 Å². The van der Waals surface area contributed by atoms with Crippen molar-refractivity contribution in [2.45, 2.75) is 0 Å². The summed E-state index contributed by atoms with van der Waals surface area (Å²) in [6, 6.07) is 0.892. The molecule has 1 aromatic rings.